The van der Waals surface area contributed by atoms with Gasteiger partial charge in [0.15, 0.2) is 5.69 Å². The number of carbonyl (C=O) groups excluding carboxylic acids is 1. The van der Waals surface area contributed by atoms with E-state index in [4.69, 9.17) is 5.73 Å². The number of nitrogens with zero attached hydrogens (tertiary/aromatic N) is 2. The number of nitrogens with two attached hydrogens (primary N) is 1. The number of halogens is 3. The predicted octanol–water partition coefficient (Wildman–Crippen LogP) is 6.46. The Kier molecular flexibility index (Phi) is 6.39. The third-order valence-electron chi connectivity index (χ3n) is 5.53. The molecular weight excluding hydrogens is 487 g/mol. The summed E-state index contributed by atoms with van der Waals surface area (Å²) in [5, 5.41) is 0. The number of benzene rings is 3. The van der Waals surface area contributed by atoms with Crippen molar-refractivity contribution >= 4 is 28.3 Å². The highest BCUT2D eigenvalue weighted by Crippen LogP contribution is 2.33. The second-order valence-corrected chi connectivity index (χ2v) is 9.06. The van der Waals surface area contributed by atoms with Crippen molar-refractivity contribution in [2.75, 3.05) is 0 Å². The molecule has 1 amide bonds. The van der Waals surface area contributed by atoms with Gasteiger partial charge >= 0.3 is 6.61 Å². The summed E-state index contributed by atoms with van der Waals surface area (Å²) < 4.78 is 43.8. The lowest BCUT2D eigenvalue weighted by Gasteiger charge is -2.11. The molecule has 2 aromatic heterocycles. The van der Waals surface area contributed by atoms with Crippen LogP contribution in [0.4, 0.5) is 13.2 Å². The number of alkyl halides is 2. The lowest BCUT2D eigenvalue weighted by atomic mass is 10.1. The molecule has 5 nitrogen and oxygen atoms in total. The standard InChI is InChI=1S/C27H18F3N3O2S/c28-20-6-2-1-5-19(20)24-25(26(31)34)32-21-7-3-4-16(23(21)33-24)14-18-12-13-22(36-18)15-8-10-17(11-9-15)35-27(29)30/h1-13,27H,14H2,(H2,31,34). The van der Waals surface area contributed by atoms with Gasteiger partial charge in [-0.2, -0.15) is 8.78 Å². The largest absolute Gasteiger partial charge is 0.435 e. The van der Waals surface area contributed by atoms with Crippen molar-refractivity contribution in [2.45, 2.75) is 13.0 Å². The zero-order chi connectivity index (χ0) is 25.2. The van der Waals surface area contributed by atoms with Gasteiger partial charge in [0, 0.05) is 21.7 Å². The molecule has 5 aromatic rings. The van der Waals surface area contributed by atoms with Crippen LogP contribution in [0.1, 0.15) is 20.9 Å². The number of hydrogen-bond donors (Lipinski definition) is 1. The molecule has 0 aliphatic carbocycles. The van der Waals surface area contributed by atoms with Gasteiger partial charge < -0.3 is 10.5 Å². The van der Waals surface area contributed by atoms with Gasteiger partial charge in [-0.25, -0.2) is 14.4 Å². The first-order valence-corrected chi connectivity index (χ1v) is 11.7. The van der Waals surface area contributed by atoms with Crippen LogP contribution in [0, 0.1) is 5.82 Å². The Bertz CT molecular complexity index is 1570. The van der Waals surface area contributed by atoms with Crippen molar-refractivity contribution in [3.8, 4) is 27.4 Å². The lowest BCUT2D eigenvalue weighted by molar-refractivity contribution is -0.0498. The van der Waals surface area contributed by atoms with Crippen molar-refractivity contribution in [1.29, 1.82) is 0 Å². The number of fused-ring (bicyclic) bond motifs is 1. The Morgan fingerprint density at radius 1 is 0.944 bits per heavy atom. The van der Waals surface area contributed by atoms with Gasteiger partial charge in [0.1, 0.15) is 17.3 Å². The summed E-state index contributed by atoms with van der Waals surface area (Å²) in [6, 6.07) is 21.9. The summed E-state index contributed by atoms with van der Waals surface area (Å²) in [7, 11) is 0. The first-order chi connectivity index (χ1) is 17.4. The van der Waals surface area contributed by atoms with Crippen LogP contribution < -0.4 is 10.5 Å². The molecule has 0 radical (unpaired) electrons. The van der Waals surface area contributed by atoms with Crippen LogP contribution in [0.3, 0.4) is 0 Å². The van der Waals surface area contributed by atoms with Gasteiger partial charge in [-0.3, -0.25) is 4.79 Å². The van der Waals surface area contributed by atoms with E-state index in [0.717, 1.165) is 20.9 Å². The van der Waals surface area contributed by atoms with Gasteiger partial charge in [-0.1, -0.05) is 24.3 Å². The fraction of sp³-hybridized carbons (Fsp3) is 0.0741. The number of aromatic nitrogens is 2. The van der Waals surface area contributed by atoms with E-state index in [0.29, 0.717) is 17.5 Å². The molecule has 3 aromatic carbocycles. The zero-order valence-corrected chi connectivity index (χ0v) is 19.4. The van der Waals surface area contributed by atoms with Crippen molar-refractivity contribution < 1.29 is 22.7 Å². The Balaban J connectivity index is 1.50. The second-order valence-electron chi connectivity index (χ2n) is 7.90. The fourth-order valence-corrected chi connectivity index (χ4v) is 4.94. The third kappa shape index (κ3) is 4.78. The molecule has 0 bridgehead atoms. The SMILES string of the molecule is NC(=O)c1nc2cccc(Cc3ccc(-c4ccc(OC(F)F)cc4)s3)c2nc1-c1ccccc1F. The topological polar surface area (TPSA) is 78.1 Å². The molecule has 2 N–H and O–H groups in total. The molecule has 36 heavy (non-hydrogen) atoms. The average molecular weight is 506 g/mol. The van der Waals surface area contributed by atoms with Crippen LogP contribution in [-0.4, -0.2) is 22.5 Å². The summed E-state index contributed by atoms with van der Waals surface area (Å²) in [4.78, 5) is 23.1. The zero-order valence-electron chi connectivity index (χ0n) is 18.6. The van der Waals surface area contributed by atoms with Gasteiger partial charge in [0.25, 0.3) is 5.91 Å². The van der Waals surface area contributed by atoms with E-state index in [2.05, 4.69) is 14.7 Å². The molecule has 0 aliphatic rings. The molecule has 180 valence electrons. The number of amides is 1. The number of primary amides is 1. The van der Waals surface area contributed by atoms with Crippen molar-refractivity contribution in [3.05, 3.63) is 101 Å². The first kappa shape index (κ1) is 23.5. The number of ether oxygens (including phenoxy) is 1. The molecular formula is C27H18F3N3O2S. The van der Waals surface area contributed by atoms with Crippen LogP contribution in [0.25, 0.3) is 32.7 Å². The van der Waals surface area contributed by atoms with Crippen molar-refractivity contribution in [1.82, 2.24) is 9.97 Å². The van der Waals surface area contributed by atoms with E-state index in [1.165, 1.54) is 24.3 Å². The van der Waals surface area contributed by atoms with Crippen molar-refractivity contribution in [3.63, 3.8) is 0 Å². The molecule has 2 heterocycles. The summed E-state index contributed by atoms with van der Waals surface area (Å²) in [5.41, 5.74) is 8.43. The quantitative estimate of drug-likeness (QED) is 0.276. The summed E-state index contributed by atoms with van der Waals surface area (Å²) >= 11 is 1.55. The highest BCUT2D eigenvalue weighted by Gasteiger charge is 2.19. The monoisotopic (exact) mass is 505 g/mol. The Morgan fingerprint density at radius 2 is 1.72 bits per heavy atom. The van der Waals surface area contributed by atoms with E-state index in [1.807, 2.05) is 24.3 Å². The molecule has 0 saturated carbocycles. The molecule has 0 unspecified atom stereocenters. The molecule has 0 aliphatic heterocycles. The van der Waals surface area contributed by atoms with Gasteiger partial charge in [-0.05, 0) is 65.7 Å². The third-order valence-corrected chi connectivity index (χ3v) is 6.67. The molecule has 9 heteroatoms. The van der Waals surface area contributed by atoms with E-state index >= 15 is 0 Å². The minimum absolute atomic E-state index is 0.0950. The van der Waals surface area contributed by atoms with Crippen LogP contribution in [0.5, 0.6) is 5.75 Å². The maximum absolute atomic E-state index is 14.6. The molecule has 5 rings (SSSR count). The first-order valence-electron chi connectivity index (χ1n) is 10.9. The van der Waals surface area contributed by atoms with Gasteiger partial charge in [0.2, 0.25) is 0 Å². The van der Waals surface area contributed by atoms with Crippen LogP contribution >= 0.6 is 11.3 Å². The number of thiophene rings is 1. The molecule has 0 atom stereocenters. The second kappa shape index (κ2) is 9.79. The number of rotatable bonds is 7. The molecule has 0 fully saturated rings. The Labute approximate surface area is 208 Å². The van der Waals surface area contributed by atoms with Crippen LogP contribution in [0.15, 0.2) is 78.9 Å². The maximum Gasteiger partial charge on any atom is 0.387 e. The van der Waals surface area contributed by atoms with Gasteiger partial charge in [-0.15, -0.1) is 11.3 Å². The number of hydrogen-bond acceptors (Lipinski definition) is 5. The molecule has 0 spiro atoms. The van der Waals surface area contributed by atoms with E-state index < -0.39 is 18.3 Å². The highest BCUT2D eigenvalue weighted by atomic mass is 32.1. The highest BCUT2D eigenvalue weighted by molar-refractivity contribution is 7.15. The summed E-state index contributed by atoms with van der Waals surface area (Å²) in [6.45, 7) is -2.87. The van der Waals surface area contributed by atoms with Gasteiger partial charge in [0.05, 0.1) is 11.0 Å². The smallest absolute Gasteiger partial charge is 0.387 e. The Hall–Kier alpha value is -4.24. The van der Waals surface area contributed by atoms with E-state index in [1.54, 1.807) is 41.7 Å². The minimum Gasteiger partial charge on any atom is -0.435 e. The normalized spacial score (nSPS) is 11.2. The lowest BCUT2D eigenvalue weighted by Crippen LogP contribution is -2.16. The Morgan fingerprint density at radius 3 is 2.44 bits per heavy atom. The van der Waals surface area contributed by atoms with E-state index in [9.17, 15) is 18.0 Å². The minimum atomic E-state index is -2.87. The predicted molar refractivity (Wildman–Crippen MR) is 133 cm³/mol. The maximum atomic E-state index is 14.6. The van der Waals surface area contributed by atoms with Crippen molar-refractivity contribution in [2.24, 2.45) is 5.73 Å². The number of para-hydroxylation sites is 1. The average Bonchev–Trinajstić information content (AvgIpc) is 3.32. The number of carbonyl (C=O) groups is 1. The van der Waals surface area contributed by atoms with Crippen LogP contribution in [-0.2, 0) is 6.42 Å². The molecule has 0 saturated heterocycles. The summed E-state index contributed by atoms with van der Waals surface area (Å²) in [5.74, 6) is -1.22. The summed E-state index contributed by atoms with van der Waals surface area (Å²) in [6.07, 6.45) is 0.524. The van der Waals surface area contributed by atoms with E-state index in [-0.39, 0.29) is 22.7 Å². The fourth-order valence-electron chi connectivity index (χ4n) is 3.91. The van der Waals surface area contributed by atoms with Crippen LogP contribution in [0.2, 0.25) is 0 Å².